The number of nitrogens with one attached hydrogen (secondary N) is 3. The van der Waals surface area contributed by atoms with Gasteiger partial charge >= 0.3 is 0 Å². The summed E-state index contributed by atoms with van der Waals surface area (Å²) < 4.78 is 0.708. The first-order valence-electron chi connectivity index (χ1n) is 7.06. The van der Waals surface area contributed by atoms with Gasteiger partial charge in [-0.05, 0) is 41.9 Å². The molecule has 22 heavy (non-hydrogen) atoms. The second-order valence-electron chi connectivity index (χ2n) is 5.12. The number of aromatic amines is 1. The summed E-state index contributed by atoms with van der Waals surface area (Å²) in [5, 5.41) is 13.4. The molecule has 1 fully saturated rings. The fourth-order valence-electron chi connectivity index (χ4n) is 2.49. The van der Waals surface area contributed by atoms with Crippen LogP contribution in [0, 0.1) is 0 Å². The molecule has 0 saturated carbocycles. The lowest BCUT2D eigenvalue weighted by molar-refractivity contribution is 0.0923. The van der Waals surface area contributed by atoms with Gasteiger partial charge in [0.25, 0.3) is 5.91 Å². The van der Waals surface area contributed by atoms with E-state index < -0.39 is 0 Å². The number of carbonyl (C=O) groups is 1. The third kappa shape index (κ3) is 3.69. The topological polar surface area (TPSA) is 69.8 Å². The van der Waals surface area contributed by atoms with Crippen LogP contribution >= 0.6 is 28.3 Å². The molecule has 2 heterocycles. The minimum atomic E-state index is -0.108. The second kappa shape index (κ2) is 7.76. The molecule has 5 nitrogen and oxygen atoms in total. The average molecular weight is 386 g/mol. The Morgan fingerprint density at radius 2 is 1.91 bits per heavy atom. The summed E-state index contributed by atoms with van der Waals surface area (Å²) in [6.45, 7) is 1.90. The smallest absolute Gasteiger partial charge is 0.270 e. The van der Waals surface area contributed by atoms with Crippen molar-refractivity contribution in [3.63, 3.8) is 0 Å². The molecule has 2 aromatic rings. The predicted molar refractivity (Wildman–Crippen MR) is 92.3 cm³/mol. The van der Waals surface area contributed by atoms with Crippen LogP contribution in [-0.2, 0) is 0 Å². The lowest BCUT2D eigenvalue weighted by Gasteiger charge is -2.23. The summed E-state index contributed by atoms with van der Waals surface area (Å²) in [7, 11) is 0. The van der Waals surface area contributed by atoms with E-state index >= 15 is 0 Å². The molecule has 1 aromatic heterocycles. The molecule has 1 aromatic carbocycles. The van der Waals surface area contributed by atoms with Crippen molar-refractivity contribution in [3.05, 3.63) is 40.5 Å². The molecule has 1 amide bonds. The number of hydrogen-bond donors (Lipinski definition) is 3. The molecule has 1 aliphatic rings. The molecule has 1 aliphatic heterocycles. The number of carbonyl (C=O) groups excluding carboxylic acids is 1. The lowest BCUT2D eigenvalue weighted by atomic mass is 10.1. The van der Waals surface area contributed by atoms with Gasteiger partial charge in [-0.1, -0.05) is 30.3 Å². The fourth-order valence-corrected chi connectivity index (χ4v) is 3.08. The van der Waals surface area contributed by atoms with E-state index in [1.165, 1.54) is 0 Å². The first-order chi connectivity index (χ1) is 10.3. The van der Waals surface area contributed by atoms with Crippen LogP contribution in [0.1, 0.15) is 23.3 Å². The van der Waals surface area contributed by atoms with Crippen LogP contribution in [0.25, 0.3) is 11.3 Å². The fraction of sp³-hybridized carbons (Fsp3) is 0.333. The maximum absolute atomic E-state index is 12.3. The van der Waals surface area contributed by atoms with Crippen LogP contribution in [0.4, 0.5) is 0 Å². The van der Waals surface area contributed by atoms with Gasteiger partial charge in [0.05, 0.1) is 4.47 Å². The van der Waals surface area contributed by atoms with Gasteiger partial charge in [0.2, 0.25) is 0 Å². The number of rotatable bonds is 3. The first kappa shape index (κ1) is 17.0. The van der Waals surface area contributed by atoms with E-state index in [9.17, 15) is 4.79 Å². The zero-order chi connectivity index (χ0) is 14.7. The molecule has 3 N–H and O–H groups in total. The van der Waals surface area contributed by atoms with Crippen molar-refractivity contribution in [3.8, 4) is 11.3 Å². The van der Waals surface area contributed by atoms with E-state index in [4.69, 9.17) is 0 Å². The van der Waals surface area contributed by atoms with E-state index in [-0.39, 0.29) is 24.4 Å². The van der Waals surface area contributed by atoms with Gasteiger partial charge in [0.15, 0.2) is 0 Å². The molecule has 118 valence electrons. The van der Waals surface area contributed by atoms with E-state index in [0.29, 0.717) is 10.2 Å². The Morgan fingerprint density at radius 1 is 1.23 bits per heavy atom. The van der Waals surface area contributed by atoms with Gasteiger partial charge in [-0.3, -0.25) is 9.89 Å². The highest BCUT2D eigenvalue weighted by atomic mass is 79.9. The highest BCUT2D eigenvalue weighted by Gasteiger charge is 2.21. The van der Waals surface area contributed by atoms with Crippen LogP contribution < -0.4 is 10.6 Å². The number of aromatic nitrogens is 2. The summed E-state index contributed by atoms with van der Waals surface area (Å²) in [5.74, 6) is -0.108. The lowest BCUT2D eigenvalue weighted by Crippen LogP contribution is -2.42. The molecule has 0 aliphatic carbocycles. The molecule has 0 radical (unpaired) electrons. The van der Waals surface area contributed by atoms with Crippen LogP contribution in [0.3, 0.4) is 0 Å². The minimum absolute atomic E-state index is 0. The van der Waals surface area contributed by atoms with Gasteiger partial charge < -0.3 is 10.6 Å². The Kier molecular flexibility index (Phi) is 5.99. The number of halogens is 2. The summed E-state index contributed by atoms with van der Waals surface area (Å²) in [4.78, 5) is 12.3. The maximum atomic E-state index is 12.3. The van der Waals surface area contributed by atoms with Crippen molar-refractivity contribution >= 4 is 34.2 Å². The maximum Gasteiger partial charge on any atom is 0.270 e. The van der Waals surface area contributed by atoms with Gasteiger partial charge in [0, 0.05) is 11.6 Å². The van der Waals surface area contributed by atoms with E-state index in [1.807, 2.05) is 30.3 Å². The Balaban J connectivity index is 0.00000176. The monoisotopic (exact) mass is 384 g/mol. The van der Waals surface area contributed by atoms with Crippen LogP contribution in [-0.4, -0.2) is 35.2 Å². The normalized spacial score (nSPS) is 15.1. The Hall–Kier alpha value is -1.37. The number of benzene rings is 1. The largest absolute Gasteiger partial charge is 0.348 e. The summed E-state index contributed by atoms with van der Waals surface area (Å²) in [6.07, 6.45) is 1.92. The van der Waals surface area contributed by atoms with Crippen molar-refractivity contribution < 1.29 is 4.79 Å². The number of H-pyrrole nitrogens is 1. The SMILES string of the molecule is Cl.O=C(NC1CCNCC1)c1[nH]nc(-c2ccccc2)c1Br. The standard InChI is InChI=1S/C15H17BrN4O.ClH/c16-12-13(10-4-2-1-3-5-10)19-20-14(12)15(21)18-11-6-8-17-9-7-11;/h1-5,11,17H,6-9H2,(H,18,21)(H,19,20);1H. The van der Waals surface area contributed by atoms with Crippen molar-refractivity contribution in [1.82, 2.24) is 20.8 Å². The minimum Gasteiger partial charge on any atom is -0.348 e. The number of nitrogens with zero attached hydrogens (tertiary/aromatic N) is 1. The van der Waals surface area contributed by atoms with Crippen LogP contribution in [0.2, 0.25) is 0 Å². The van der Waals surface area contributed by atoms with Gasteiger partial charge in [-0.2, -0.15) is 5.10 Å². The van der Waals surface area contributed by atoms with E-state index in [2.05, 4.69) is 36.8 Å². The van der Waals surface area contributed by atoms with Crippen molar-refractivity contribution in [2.75, 3.05) is 13.1 Å². The number of amides is 1. The van der Waals surface area contributed by atoms with E-state index in [0.717, 1.165) is 37.2 Å². The van der Waals surface area contributed by atoms with Crippen molar-refractivity contribution in [2.24, 2.45) is 0 Å². The Morgan fingerprint density at radius 3 is 2.59 bits per heavy atom. The molecule has 0 bridgehead atoms. The number of hydrogen-bond acceptors (Lipinski definition) is 3. The second-order valence-corrected chi connectivity index (χ2v) is 5.92. The van der Waals surface area contributed by atoms with Gasteiger partial charge in [-0.25, -0.2) is 0 Å². The highest BCUT2D eigenvalue weighted by molar-refractivity contribution is 9.10. The summed E-state index contributed by atoms with van der Waals surface area (Å²) in [5.41, 5.74) is 2.21. The van der Waals surface area contributed by atoms with Crippen LogP contribution in [0.15, 0.2) is 34.8 Å². The Bertz CT molecular complexity index is 626. The molecule has 1 saturated heterocycles. The highest BCUT2D eigenvalue weighted by Crippen LogP contribution is 2.28. The third-order valence-corrected chi connectivity index (χ3v) is 4.43. The molecule has 0 atom stereocenters. The first-order valence-corrected chi connectivity index (χ1v) is 7.86. The molecule has 0 spiro atoms. The van der Waals surface area contributed by atoms with E-state index in [1.54, 1.807) is 0 Å². The predicted octanol–water partition coefficient (Wildman–Crippen LogP) is 2.74. The van der Waals surface area contributed by atoms with Crippen molar-refractivity contribution in [1.29, 1.82) is 0 Å². The van der Waals surface area contributed by atoms with Gasteiger partial charge in [0.1, 0.15) is 11.4 Å². The quantitative estimate of drug-likeness (QED) is 0.761. The molecular formula is C15H18BrClN4O. The number of piperidine rings is 1. The average Bonchev–Trinajstić information content (AvgIpc) is 2.91. The summed E-state index contributed by atoms with van der Waals surface area (Å²) in [6, 6.07) is 10.0. The molecule has 0 unspecified atom stereocenters. The zero-order valence-corrected chi connectivity index (χ0v) is 14.3. The van der Waals surface area contributed by atoms with Gasteiger partial charge in [-0.15, -0.1) is 12.4 Å². The summed E-state index contributed by atoms with van der Waals surface area (Å²) >= 11 is 3.49. The third-order valence-electron chi connectivity index (χ3n) is 3.66. The zero-order valence-electron chi connectivity index (χ0n) is 11.9. The Labute approximate surface area is 143 Å². The molecule has 7 heteroatoms. The molecule has 3 rings (SSSR count). The van der Waals surface area contributed by atoms with Crippen molar-refractivity contribution in [2.45, 2.75) is 18.9 Å². The van der Waals surface area contributed by atoms with Crippen LogP contribution in [0.5, 0.6) is 0 Å². The molecular weight excluding hydrogens is 368 g/mol.